The van der Waals surface area contributed by atoms with Crippen molar-refractivity contribution in [1.29, 1.82) is 0 Å². The first-order valence-electron chi connectivity index (χ1n) is 11.8. The molecule has 1 fully saturated rings. The van der Waals surface area contributed by atoms with Gasteiger partial charge in [-0.2, -0.15) is 0 Å². The van der Waals surface area contributed by atoms with Crippen LogP contribution in [0.2, 0.25) is 5.02 Å². The second-order valence-corrected chi connectivity index (χ2v) is 8.94. The summed E-state index contributed by atoms with van der Waals surface area (Å²) in [6, 6.07) is 5.15. The molecule has 9 nitrogen and oxygen atoms in total. The zero-order chi connectivity index (χ0) is 28.1. The Morgan fingerprint density at radius 3 is 2.67 bits per heavy atom. The van der Waals surface area contributed by atoms with Crippen LogP contribution < -0.4 is 16.0 Å². The van der Waals surface area contributed by atoms with Crippen LogP contribution in [-0.2, 0) is 4.79 Å². The van der Waals surface area contributed by atoms with Gasteiger partial charge in [-0.15, -0.1) is 0 Å². The van der Waals surface area contributed by atoms with Crippen LogP contribution in [0.1, 0.15) is 54.0 Å². The Morgan fingerprint density at radius 1 is 1.23 bits per heavy atom. The average molecular weight is 558 g/mol. The molecule has 2 aromatic heterocycles. The van der Waals surface area contributed by atoms with Gasteiger partial charge in [-0.05, 0) is 31.5 Å². The first-order chi connectivity index (χ1) is 18.7. The van der Waals surface area contributed by atoms with E-state index in [4.69, 9.17) is 17.3 Å². The lowest BCUT2D eigenvalue weighted by Gasteiger charge is -2.16. The zero-order valence-corrected chi connectivity index (χ0v) is 21.4. The molecule has 1 aliphatic rings. The highest BCUT2D eigenvalue weighted by Crippen LogP contribution is 2.35. The van der Waals surface area contributed by atoms with E-state index in [0.717, 1.165) is 37.1 Å². The Balaban J connectivity index is 1.47. The molecule has 2 amide bonds. The van der Waals surface area contributed by atoms with Gasteiger partial charge in [0.15, 0.2) is 5.82 Å². The predicted molar refractivity (Wildman–Crippen MR) is 140 cm³/mol. The SMILES string of the molecule is CC(N=C/C(=C\N)NC(=O)c1cncc(-c2c(C(F)F)ccc(Cl)c2F)n1)c1ccc(N2CCCC2=O)cn1. The van der Waals surface area contributed by atoms with Crippen LogP contribution in [0.5, 0.6) is 0 Å². The van der Waals surface area contributed by atoms with Crippen molar-refractivity contribution in [3.05, 3.63) is 82.5 Å². The molecule has 0 bridgehead atoms. The van der Waals surface area contributed by atoms with Crippen molar-refractivity contribution in [2.24, 2.45) is 10.7 Å². The molecule has 0 radical (unpaired) electrons. The van der Waals surface area contributed by atoms with Gasteiger partial charge in [-0.25, -0.2) is 18.2 Å². The van der Waals surface area contributed by atoms with Gasteiger partial charge in [0.1, 0.15) is 5.69 Å². The standard InChI is InChI=1S/C26H23ClF3N7O2/c1-14(19-7-4-16(11-34-19)37-8-2-3-22(37)38)33-10-15(9-31)35-26(39)21-13-32-12-20(36-21)23-17(25(29)30)5-6-18(27)24(23)28/h4-7,9-14,25H,2-3,8,31H2,1H3,(H,35,39)/b15-9+,33-10?. The average Bonchev–Trinajstić information content (AvgIpc) is 3.37. The Kier molecular flexibility index (Phi) is 8.55. The molecule has 0 spiro atoms. The fourth-order valence-corrected chi connectivity index (χ4v) is 4.07. The van der Waals surface area contributed by atoms with E-state index in [-0.39, 0.29) is 28.0 Å². The number of nitrogens with one attached hydrogen (secondary N) is 1. The Labute approximate surface area is 226 Å². The summed E-state index contributed by atoms with van der Waals surface area (Å²) in [6.45, 7) is 2.44. The number of nitrogens with two attached hydrogens (primary N) is 1. The van der Waals surface area contributed by atoms with Crippen LogP contribution >= 0.6 is 11.6 Å². The molecule has 1 aliphatic heterocycles. The lowest BCUT2D eigenvalue weighted by atomic mass is 10.0. The molecule has 3 heterocycles. The van der Waals surface area contributed by atoms with Crippen molar-refractivity contribution in [3.63, 3.8) is 0 Å². The van der Waals surface area contributed by atoms with Crippen LogP contribution in [0, 0.1) is 5.82 Å². The van der Waals surface area contributed by atoms with Crippen molar-refractivity contribution in [2.45, 2.75) is 32.2 Å². The van der Waals surface area contributed by atoms with Crippen molar-refractivity contribution in [2.75, 3.05) is 11.4 Å². The molecule has 1 unspecified atom stereocenters. The summed E-state index contributed by atoms with van der Waals surface area (Å²) in [6.07, 6.45) is 4.51. The van der Waals surface area contributed by atoms with Crippen LogP contribution in [0.3, 0.4) is 0 Å². The summed E-state index contributed by atoms with van der Waals surface area (Å²) in [5.41, 5.74) is 5.34. The molecule has 4 rings (SSSR count). The third-order valence-electron chi connectivity index (χ3n) is 5.94. The van der Waals surface area contributed by atoms with E-state index in [0.29, 0.717) is 24.3 Å². The number of aromatic nitrogens is 3. The molecule has 1 aromatic carbocycles. The van der Waals surface area contributed by atoms with Gasteiger partial charge >= 0.3 is 0 Å². The van der Waals surface area contributed by atoms with E-state index in [1.165, 1.54) is 6.21 Å². The van der Waals surface area contributed by atoms with Gasteiger partial charge in [-0.3, -0.25) is 24.5 Å². The highest BCUT2D eigenvalue weighted by atomic mass is 35.5. The van der Waals surface area contributed by atoms with E-state index in [2.05, 4.69) is 25.3 Å². The fourth-order valence-electron chi connectivity index (χ4n) is 3.91. The Bertz CT molecular complexity index is 1450. The maximum absolute atomic E-state index is 14.6. The molecular formula is C26H23ClF3N7O2. The molecule has 0 aliphatic carbocycles. The van der Waals surface area contributed by atoms with Crippen molar-refractivity contribution >= 4 is 35.3 Å². The number of carbonyl (C=O) groups excluding carboxylic acids is 2. The first-order valence-corrected chi connectivity index (χ1v) is 12.2. The van der Waals surface area contributed by atoms with E-state index >= 15 is 0 Å². The highest BCUT2D eigenvalue weighted by Gasteiger charge is 2.23. The number of anilines is 1. The van der Waals surface area contributed by atoms with Gasteiger partial charge in [0.25, 0.3) is 12.3 Å². The van der Waals surface area contributed by atoms with Crippen LogP contribution in [0.15, 0.2) is 59.7 Å². The number of carbonyl (C=O) groups is 2. The van der Waals surface area contributed by atoms with Crippen LogP contribution in [0.25, 0.3) is 11.3 Å². The minimum Gasteiger partial charge on any atom is -0.403 e. The molecule has 3 N–H and O–H groups in total. The quantitative estimate of drug-likeness (QED) is 0.385. The maximum atomic E-state index is 14.6. The molecule has 202 valence electrons. The van der Waals surface area contributed by atoms with E-state index < -0.39 is 35.3 Å². The van der Waals surface area contributed by atoms with Gasteiger partial charge in [0.2, 0.25) is 5.91 Å². The fraction of sp³-hybridized carbons (Fsp3) is 0.231. The summed E-state index contributed by atoms with van der Waals surface area (Å²) < 4.78 is 41.6. The number of nitrogens with zero attached hydrogens (tertiary/aromatic N) is 5. The smallest absolute Gasteiger partial charge is 0.275 e. The number of aliphatic imine (C=N–C) groups is 1. The molecule has 1 atom stereocenters. The third kappa shape index (κ3) is 6.23. The monoisotopic (exact) mass is 557 g/mol. The molecule has 13 heteroatoms. The zero-order valence-electron chi connectivity index (χ0n) is 20.6. The minimum absolute atomic E-state index is 0.0616. The number of pyridine rings is 1. The van der Waals surface area contributed by atoms with Crippen molar-refractivity contribution in [3.8, 4) is 11.3 Å². The van der Waals surface area contributed by atoms with Gasteiger partial charge in [0, 0.05) is 36.5 Å². The number of alkyl halides is 2. The third-order valence-corrected chi connectivity index (χ3v) is 6.24. The normalized spacial score (nSPS) is 14.9. The van der Waals surface area contributed by atoms with Crippen molar-refractivity contribution < 1.29 is 22.8 Å². The summed E-state index contributed by atoms with van der Waals surface area (Å²) >= 11 is 5.77. The van der Waals surface area contributed by atoms with Crippen LogP contribution in [0.4, 0.5) is 18.9 Å². The summed E-state index contributed by atoms with van der Waals surface area (Å²) in [4.78, 5) is 43.0. The number of amides is 2. The molecule has 3 aromatic rings. The first kappa shape index (κ1) is 27.7. The minimum atomic E-state index is -3.01. The number of rotatable bonds is 8. The van der Waals surface area contributed by atoms with Gasteiger partial charge in [-0.1, -0.05) is 17.7 Å². The Hall–Kier alpha value is -4.32. The number of allylic oxidation sites excluding steroid dienone is 1. The van der Waals surface area contributed by atoms with E-state index in [1.54, 1.807) is 30.2 Å². The van der Waals surface area contributed by atoms with Crippen LogP contribution in [-0.4, -0.2) is 39.5 Å². The topological polar surface area (TPSA) is 126 Å². The molecular weight excluding hydrogens is 535 g/mol. The second-order valence-electron chi connectivity index (χ2n) is 8.54. The predicted octanol–water partition coefficient (Wildman–Crippen LogP) is 4.76. The molecule has 0 saturated carbocycles. The lowest BCUT2D eigenvalue weighted by molar-refractivity contribution is -0.117. The second kappa shape index (κ2) is 12.0. The van der Waals surface area contributed by atoms with E-state index in [1.807, 2.05) is 0 Å². The van der Waals surface area contributed by atoms with E-state index in [9.17, 15) is 22.8 Å². The summed E-state index contributed by atoms with van der Waals surface area (Å²) in [7, 11) is 0. The van der Waals surface area contributed by atoms with Gasteiger partial charge < -0.3 is 16.0 Å². The molecule has 1 saturated heterocycles. The summed E-state index contributed by atoms with van der Waals surface area (Å²) in [5, 5.41) is 2.12. The number of hydrogen-bond acceptors (Lipinski definition) is 7. The molecule has 39 heavy (non-hydrogen) atoms. The van der Waals surface area contributed by atoms with Gasteiger partial charge in [0.05, 0.1) is 52.4 Å². The maximum Gasteiger partial charge on any atom is 0.275 e. The highest BCUT2D eigenvalue weighted by molar-refractivity contribution is 6.31. The number of hydrogen-bond donors (Lipinski definition) is 2. The number of halogens is 4. The number of benzene rings is 1. The largest absolute Gasteiger partial charge is 0.403 e. The summed E-state index contributed by atoms with van der Waals surface area (Å²) in [5.74, 6) is -1.82. The lowest BCUT2D eigenvalue weighted by Crippen LogP contribution is -2.25. The Morgan fingerprint density at radius 2 is 2.03 bits per heavy atom. The van der Waals surface area contributed by atoms with Crippen molar-refractivity contribution in [1.82, 2.24) is 20.3 Å².